The SMILES string of the molecule is Cc1c(F)cc(C#N)cc1NCC1CCCNC1. The van der Waals surface area contributed by atoms with Crippen LogP contribution in [0.15, 0.2) is 12.1 Å². The minimum absolute atomic E-state index is 0.321. The highest BCUT2D eigenvalue weighted by molar-refractivity contribution is 5.55. The van der Waals surface area contributed by atoms with Crippen LogP contribution in [-0.2, 0) is 0 Å². The number of nitrogens with zero attached hydrogens (tertiary/aromatic N) is 1. The van der Waals surface area contributed by atoms with E-state index in [1.54, 1.807) is 13.0 Å². The summed E-state index contributed by atoms with van der Waals surface area (Å²) in [6, 6.07) is 4.98. The summed E-state index contributed by atoms with van der Waals surface area (Å²) in [7, 11) is 0. The molecule has 1 saturated heterocycles. The normalized spacial score (nSPS) is 19.3. The topological polar surface area (TPSA) is 47.9 Å². The molecule has 0 amide bonds. The first-order valence-electron chi connectivity index (χ1n) is 6.35. The maximum Gasteiger partial charge on any atom is 0.129 e. The first-order chi connectivity index (χ1) is 8.70. The number of hydrogen-bond acceptors (Lipinski definition) is 3. The summed E-state index contributed by atoms with van der Waals surface area (Å²) in [5.41, 5.74) is 1.68. The van der Waals surface area contributed by atoms with Crippen LogP contribution in [0.1, 0.15) is 24.0 Å². The second-order valence-corrected chi connectivity index (χ2v) is 4.84. The van der Waals surface area contributed by atoms with Gasteiger partial charge in [0.1, 0.15) is 5.82 Å². The molecule has 96 valence electrons. The van der Waals surface area contributed by atoms with Crippen molar-refractivity contribution in [2.75, 3.05) is 25.0 Å². The molecule has 1 aromatic rings. The number of rotatable bonds is 3. The highest BCUT2D eigenvalue weighted by Crippen LogP contribution is 2.21. The van der Waals surface area contributed by atoms with Gasteiger partial charge in [-0.3, -0.25) is 0 Å². The minimum Gasteiger partial charge on any atom is -0.384 e. The number of benzene rings is 1. The van der Waals surface area contributed by atoms with Gasteiger partial charge in [-0.25, -0.2) is 4.39 Å². The zero-order chi connectivity index (χ0) is 13.0. The Labute approximate surface area is 107 Å². The molecule has 0 radical (unpaired) electrons. The molecular weight excluding hydrogens is 229 g/mol. The van der Waals surface area contributed by atoms with Gasteiger partial charge in [-0.05, 0) is 50.9 Å². The van der Waals surface area contributed by atoms with E-state index >= 15 is 0 Å². The standard InChI is InChI=1S/C14H18FN3/c1-10-13(15)5-12(7-16)6-14(10)18-9-11-3-2-4-17-8-11/h5-6,11,17-18H,2-4,8-9H2,1H3. The van der Waals surface area contributed by atoms with Crippen molar-refractivity contribution in [1.29, 1.82) is 5.26 Å². The van der Waals surface area contributed by atoms with E-state index in [1.807, 2.05) is 6.07 Å². The fraction of sp³-hybridized carbons (Fsp3) is 0.500. The summed E-state index contributed by atoms with van der Waals surface area (Å²) >= 11 is 0. The number of anilines is 1. The van der Waals surface area contributed by atoms with Crippen molar-refractivity contribution in [3.63, 3.8) is 0 Å². The van der Waals surface area contributed by atoms with Crippen molar-refractivity contribution in [3.8, 4) is 6.07 Å². The van der Waals surface area contributed by atoms with Gasteiger partial charge in [-0.1, -0.05) is 0 Å². The zero-order valence-electron chi connectivity index (χ0n) is 10.6. The quantitative estimate of drug-likeness (QED) is 0.862. The van der Waals surface area contributed by atoms with Crippen molar-refractivity contribution < 1.29 is 4.39 Å². The largest absolute Gasteiger partial charge is 0.384 e. The third-order valence-corrected chi connectivity index (χ3v) is 3.45. The van der Waals surface area contributed by atoms with Gasteiger partial charge in [0.2, 0.25) is 0 Å². The van der Waals surface area contributed by atoms with E-state index in [4.69, 9.17) is 5.26 Å². The van der Waals surface area contributed by atoms with Crippen molar-refractivity contribution in [2.24, 2.45) is 5.92 Å². The Kier molecular flexibility index (Phi) is 4.16. The van der Waals surface area contributed by atoms with Crippen LogP contribution in [0.5, 0.6) is 0 Å². The van der Waals surface area contributed by atoms with Crippen molar-refractivity contribution in [2.45, 2.75) is 19.8 Å². The zero-order valence-corrected chi connectivity index (χ0v) is 10.6. The van der Waals surface area contributed by atoms with E-state index < -0.39 is 0 Å². The van der Waals surface area contributed by atoms with Gasteiger partial charge in [-0.15, -0.1) is 0 Å². The number of nitrogens with one attached hydrogen (secondary N) is 2. The molecule has 0 bridgehead atoms. The summed E-state index contributed by atoms with van der Waals surface area (Å²) in [4.78, 5) is 0. The lowest BCUT2D eigenvalue weighted by atomic mass is 9.99. The molecule has 0 aromatic heterocycles. The Hall–Kier alpha value is -1.60. The lowest BCUT2D eigenvalue weighted by molar-refractivity contribution is 0.393. The van der Waals surface area contributed by atoms with Crippen LogP contribution >= 0.6 is 0 Å². The Balaban J connectivity index is 2.04. The van der Waals surface area contributed by atoms with Gasteiger partial charge in [0.05, 0.1) is 11.6 Å². The molecule has 3 nitrogen and oxygen atoms in total. The lowest BCUT2D eigenvalue weighted by Gasteiger charge is -2.23. The lowest BCUT2D eigenvalue weighted by Crippen LogP contribution is -2.33. The molecule has 1 atom stereocenters. The summed E-state index contributed by atoms with van der Waals surface area (Å²) in [6.07, 6.45) is 2.39. The van der Waals surface area contributed by atoms with Crippen LogP contribution in [0.3, 0.4) is 0 Å². The summed E-state index contributed by atoms with van der Waals surface area (Å²) in [5, 5.41) is 15.5. The maximum atomic E-state index is 13.6. The Morgan fingerprint density at radius 3 is 3.06 bits per heavy atom. The second-order valence-electron chi connectivity index (χ2n) is 4.84. The van der Waals surface area contributed by atoms with Crippen LogP contribution < -0.4 is 10.6 Å². The first kappa shape index (κ1) is 12.8. The minimum atomic E-state index is -0.321. The van der Waals surface area contributed by atoms with Crippen molar-refractivity contribution in [3.05, 3.63) is 29.1 Å². The molecule has 1 aromatic carbocycles. The molecule has 0 spiro atoms. The van der Waals surface area contributed by atoms with E-state index in [2.05, 4.69) is 10.6 Å². The van der Waals surface area contributed by atoms with Gasteiger partial charge < -0.3 is 10.6 Å². The number of nitriles is 1. The number of halogens is 1. The first-order valence-corrected chi connectivity index (χ1v) is 6.35. The molecule has 0 aliphatic carbocycles. The van der Waals surface area contributed by atoms with E-state index in [0.29, 0.717) is 17.0 Å². The monoisotopic (exact) mass is 247 g/mol. The fourth-order valence-corrected chi connectivity index (χ4v) is 2.28. The molecule has 1 unspecified atom stereocenters. The fourth-order valence-electron chi connectivity index (χ4n) is 2.28. The van der Waals surface area contributed by atoms with Gasteiger partial charge in [0, 0.05) is 17.8 Å². The molecule has 1 aliphatic rings. The molecule has 4 heteroatoms. The summed E-state index contributed by atoms with van der Waals surface area (Å²) < 4.78 is 13.6. The summed E-state index contributed by atoms with van der Waals surface area (Å²) in [6.45, 7) is 4.65. The molecule has 2 rings (SSSR count). The third-order valence-electron chi connectivity index (χ3n) is 3.45. The van der Waals surface area contributed by atoms with Crippen molar-refractivity contribution in [1.82, 2.24) is 5.32 Å². The van der Waals surface area contributed by atoms with E-state index in [1.165, 1.54) is 18.9 Å². The molecular formula is C14H18FN3. The van der Waals surface area contributed by atoms with Crippen LogP contribution in [0.4, 0.5) is 10.1 Å². The molecule has 2 N–H and O–H groups in total. The number of hydrogen-bond donors (Lipinski definition) is 2. The van der Waals surface area contributed by atoms with Crippen molar-refractivity contribution >= 4 is 5.69 Å². The van der Waals surface area contributed by atoms with Crippen LogP contribution in [-0.4, -0.2) is 19.6 Å². The van der Waals surface area contributed by atoms with E-state index in [9.17, 15) is 4.39 Å². The van der Waals surface area contributed by atoms with Gasteiger partial charge in [0.25, 0.3) is 0 Å². The predicted molar refractivity (Wildman–Crippen MR) is 69.9 cm³/mol. The molecule has 1 heterocycles. The second kappa shape index (κ2) is 5.83. The predicted octanol–water partition coefficient (Wildman–Crippen LogP) is 2.42. The Morgan fingerprint density at radius 2 is 2.39 bits per heavy atom. The average molecular weight is 247 g/mol. The third kappa shape index (κ3) is 2.99. The molecule has 1 fully saturated rings. The highest BCUT2D eigenvalue weighted by Gasteiger charge is 2.14. The van der Waals surface area contributed by atoms with E-state index in [-0.39, 0.29) is 5.82 Å². The Bertz CT molecular complexity index is 459. The van der Waals surface area contributed by atoms with Gasteiger partial charge in [-0.2, -0.15) is 5.26 Å². The smallest absolute Gasteiger partial charge is 0.129 e. The van der Waals surface area contributed by atoms with Crippen LogP contribution in [0, 0.1) is 30.0 Å². The molecule has 1 aliphatic heterocycles. The molecule has 0 saturated carbocycles. The van der Waals surface area contributed by atoms with E-state index in [0.717, 1.165) is 25.3 Å². The number of piperidine rings is 1. The van der Waals surface area contributed by atoms with Crippen LogP contribution in [0.2, 0.25) is 0 Å². The maximum absolute atomic E-state index is 13.6. The average Bonchev–Trinajstić information content (AvgIpc) is 2.41. The highest BCUT2D eigenvalue weighted by atomic mass is 19.1. The van der Waals surface area contributed by atoms with Crippen LogP contribution in [0.25, 0.3) is 0 Å². The van der Waals surface area contributed by atoms with Gasteiger partial charge in [0.15, 0.2) is 0 Å². The molecule has 18 heavy (non-hydrogen) atoms. The summed E-state index contributed by atoms with van der Waals surface area (Å²) in [5.74, 6) is 0.255. The Morgan fingerprint density at radius 1 is 1.56 bits per heavy atom. The van der Waals surface area contributed by atoms with Gasteiger partial charge >= 0.3 is 0 Å².